The average Bonchev–Trinajstić information content (AvgIpc) is 2.74. The molecule has 3 N–H and O–H groups in total. The fourth-order valence-corrected chi connectivity index (χ4v) is 3.33. The van der Waals surface area contributed by atoms with Gasteiger partial charge in [-0.15, -0.1) is 11.3 Å². The molecule has 0 aliphatic carbocycles. The highest BCUT2D eigenvalue weighted by Gasteiger charge is 2.14. The van der Waals surface area contributed by atoms with Crippen molar-refractivity contribution >= 4 is 44.6 Å². The highest BCUT2D eigenvalue weighted by atomic mass is 79.9. The van der Waals surface area contributed by atoms with E-state index in [9.17, 15) is 4.79 Å². The van der Waals surface area contributed by atoms with E-state index in [-0.39, 0.29) is 5.56 Å². The first-order valence-corrected chi connectivity index (χ1v) is 7.22. The quantitative estimate of drug-likeness (QED) is 0.836. The van der Waals surface area contributed by atoms with Gasteiger partial charge in [-0.3, -0.25) is 0 Å². The number of halogens is 1. The van der Waals surface area contributed by atoms with Crippen LogP contribution < -0.4 is 10.6 Å². The molecule has 0 saturated carbocycles. The van der Waals surface area contributed by atoms with Crippen LogP contribution in [0.3, 0.4) is 0 Å². The van der Waals surface area contributed by atoms with Crippen LogP contribution in [0.4, 0.5) is 11.4 Å². The molecule has 4 nitrogen and oxygen atoms in total. The first kappa shape index (κ1) is 13.9. The fourth-order valence-electron chi connectivity index (χ4n) is 1.83. The maximum atomic E-state index is 11.1. The van der Waals surface area contributed by atoms with Gasteiger partial charge in [0.15, 0.2) is 0 Å². The first-order chi connectivity index (χ1) is 8.99. The number of carbonyl (C=O) groups is 1. The van der Waals surface area contributed by atoms with E-state index in [0.717, 1.165) is 10.2 Å². The van der Waals surface area contributed by atoms with E-state index in [4.69, 9.17) is 10.8 Å². The number of nitrogens with zero attached hydrogens (tertiary/aromatic N) is 1. The van der Waals surface area contributed by atoms with Gasteiger partial charge in [0.05, 0.1) is 23.5 Å². The Morgan fingerprint density at radius 1 is 1.53 bits per heavy atom. The minimum Gasteiger partial charge on any atom is -0.478 e. The lowest BCUT2D eigenvalue weighted by Gasteiger charge is -2.21. The van der Waals surface area contributed by atoms with Crippen molar-refractivity contribution in [2.24, 2.45) is 0 Å². The second kappa shape index (κ2) is 5.63. The Balaban J connectivity index is 2.26. The van der Waals surface area contributed by atoms with Crippen molar-refractivity contribution in [2.75, 3.05) is 17.7 Å². The number of carboxylic acid groups (broad SMARTS) is 1. The summed E-state index contributed by atoms with van der Waals surface area (Å²) in [6, 6.07) is 7.08. The maximum Gasteiger partial charge on any atom is 0.337 e. The van der Waals surface area contributed by atoms with Crippen molar-refractivity contribution in [3.8, 4) is 0 Å². The van der Waals surface area contributed by atoms with Crippen LogP contribution in [0.25, 0.3) is 0 Å². The molecule has 0 aliphatic heterocycles. The van der Waals surface area contributed by atoms with Gasteiger partial charge >= 0.3 is 5.97 Å². The Hall–Kier alpha value is -1.53. The van der Waals surface area contributed by atoms with Crippen LogP contribution in [0, 0.1) is 0 Å². The van der Waals surface area contributed by atoms with Gasteiger partial charge in [-0.05, 0) is 34.1 Å². The summed E-state index contributed by atoms with van der Waals surface area (Å²) in [6.45, 7) is 0.684. The lowest BCUT2D eigenvalue weighted by Crippen LogP contribution is -2.18. The maximum absolute atomic E-state index is 11.1. The molecular formula is C13H13BrN2O2S. The fraction of sp³-hybridized carbons (Fsp3) is 0.154. The van der Waals surface area contributed by atoms with Crippen molar-refractivity contribution in [1.29, 1.82) is 0 Å². The van der Waals surface area contributed by atoms with Crippen molar-refractivity contribution in [3.63, 3.8) is 0 Å². The first-order valence-electron chi connectivity index (χ1n) is 5.55. The van der Waals surface area contributed by atoms with Gasteiger partial charge in [-0.2, -0.15) is 0 Å². The van der Waals surface area contributed by atoms with Crippen LogP contribution >= 0.6 is 27.3 Å². The topological polar surface area (TPSA) is 66.6 Å². The predicted octanol–water partition coefficient (Wildman–Crippen LogP) is 3.43. The predicted molar refractivity (Wildman–Crippen MR) is 81.9 cm³/mol. The van der Waals surface area contributed by atoms with E-state index in [1.165, 1.54) is 10.9 Å². The zero-order valence-corrected chi connectivity index (χ0v) is 12.7. The molecule has 0 amide bonds. The summed E-state index contributed by atoms with van der Waals surface area (Å²) in [4.78, 5) is 14.2. The minimum atomic E-state index is -1.01. The van der Waals surface area contributed by atoms with Crippen LogP contribution in [-0.2, 0) is 6.54 Å². The van der Waals surface area contributed by atoms with E-state index >= 15 is 0 Å². The molecule has 2 rings (SSSR count). The SMILES string of the molecule is CN(Cc1cc(Br)cs1)c1cccc(C(=O)O)c1N. The summed E-state index contributed by atoms with van der Waals surface area (Å²) in [7, 11) is 1.89. The average molecular weight is 341 g/mol. The smallest absolute Gasteiger partial charge is 0.337 e. The highest BCUT2D eigenvalue weighted by molar-refractivity contribution is 9.10. The molecule has 1 heterocycles. The van der Waals surface area contributed by atoms with Crippen molar-refractivity contribution in [2.45, 2.75) is 6.54 Å². The van der Waals surface area contributed by atoms with Gasteiger partial charge in [-0.1, -0.05) is 6.07 Å². The summed E-state index contributed by atoms with van der Waals surface area (Å²) in [5.41, 5.74) is 7.08. The second-order valence-corrected chi connectivity index (χ2v) is 6.04. The van der Waals surface area contributed by atoms with E-state index < -0.39 is 5.97 Å². The number of anilines is 2. The molecule has 1 aromatic carbocycles. The molecule has 0 aliphatic rings. The van der Waals surface area contributed by atoms with Crippen LogP contribution in [0.2, 0.25) is 0 Å². The Bertz CT molecular complexity index is 612. The van der Waals surface area contributed by atoms with Gasteiger partial charge in [0.2, 0.25) is 0 Å². The minimum absolute atomic E-state index is 0.136. The summed E-state index contributed by atoms with van der Waals surface area (Å²) in [5.74, 6) is -1.01. The van der Waals surface area contributed by atoms with Crippen molar-refractivity contribution in [1.82, 2.24) is 0 Å². The number of para-hydroxylation sites is 1. The van der Waals surface area contributed by atoms with Crippen molar-refractivity contribution < 1.29 is 9.90 Å². The van der Waals surface area contributed by atoms with Crippen LogP contribution in [0.1, 0.15) is 15.2 Å². The Morgan fingerprint density at radius 2 is 2.26 bits per heavy atom. The van der Waals surface area contributed by atoms with Gasteiger partial charge < -0.3 is 15.7 Å². The zero-order valence-electron chi connectivity index (χ0n) is 10.3. The molecule has 0 bridgehead atoms. The second-order valence-electron chi connectivity index (χ2n) is 4.13. The lowest BCUT2D eigenvalue weighted by atomic mass is 10.1. The number of aromatic carboxylic acids is 1. The van der Waals surface area contributed by atoms with E-state index in [2.05, 4.69) is 15.9 Å². The molecule has 1 aromatic heterocycles. The van der Waals surface area contributed by atoms with E-state index in [0.29, 0.717) is 12.2 Å². The van der Waals surface area contributed by atoms with Gasteiger partial charge in [0.1, 0.15) is 0 Å². The monoisotopic (exact) mass is 340 g/mol. The molecule has 0 atom stereocenters. The van der Waals surface area contributed by atoms with Crippen LogP contribution in [-0.4, -0.2) is 18.1 Å². The van der Waals surface area contributed by atoms with E-state index in [1.807, 2.05) is 29.5 Å². The highest BCUT2D eigenvalue weighted by Crippen LogP contribution is 2.28. The van der Waals surface area contributed by atoms with Gasteiger partial charge in [0, 0.05) is 21.8 Å². The summed E-state index contributed by atoms with van der Waals surface area (Å²) >= 11 is 5.06. The zero-order chi connectivity index (χ0) is 14.0. The number of nitrogen functional groups attached to an aromatic ring is 1. The molecule has 0 spiro atoms. The molecule has 0 radical (unpaired) electrons. The molecule has 0 unspecified atom stereocenters. The molecule has 2 aromatic rings. The van der Waals surface area contributed by atoms with Gasteiger partial charge in [-0.25, -0.2) is 4.79 Å². The third-order valence-corrected chi connectivity index (χ3v) is 4.42. The summed E-state index contributed by atoms with van der Waals surface area (Å²) in [5, 5.41) is 11.1. The van der Waals surface area contributed by atoms with Crippen LogP contribution in [0.15, 0.2) is 34.1 Å². The normalized spacial score (nSPS) is 10.4. The number of hydrogen-bond acceptors (Lipinski definition) is 4. The Morgan fingerprint density at radius 3 is 2.84 bits per heavy atom. The Labute approximate surface area is 123 Å². The van der Waals surface area contributed by atoms with Gasteiger partial charge in [0.25, 0.3) is 0 Å². The molecule has 19 heavy (non-hydrogen) atoms. The number of thiophene rings is 1. The Kier molecular flexibility index (Phi) is 4.11. The largest absolute Gasteiger partial charge is 0.478 e. The number of benzene rings is 1. The number of carboxylic acids is 1. The van der Waals surface area contributed by atoms with E-state index in [1.54, 1.807) is 17.4 Å². The molecular weight excluding hydrogens is 328 g/mol. The molecule has 100 valence electrons. The standard InChI is InChI=1S/C13H13BrN2O2S/c1-16(6-9-5-8(14)7-19-9)11-4-2-3-10(12(11)15)13(17)18/h2-5,7H,6,15H2,1H3,(H,17,18). The number of nitrogens with two attached hydrogens (primary N) is 1. The summed E-state index contributed by atoms with van der Waals surface area (Å²) in [6.07, 6.45) is 0. The molecule has 6 heteroatoms. The molecule has 0 fully saturated rings. The third-order valence-electron chi connectivity index (χ3n) is 2.74. The molecule has 0 saturated heterocycles. The third kappa shape index (κ3) is 3.08. The van der Waals surface area contributed by atoms with Crippen LogP contribution in [0.5, 0.6) is 0 Å². The number of hydrogen-bond donors (Lipinski definition) is 2. The van der Waals surface area contributed by atoms with Crippen molar-refractivity contribution in [3.05, 3.63) is 44.6 Å². The lowest BCUT2D eigenvalue weighted by molar-refractivity contribution is 0.0698. The number of rotatable bonds is 4. The summed E-state index contributed by atoms with van der Waals surface area (Å²) < 4.78 is 1.05.